The molecule has 0 radical (unpaired) electrons. The van der Waals surface area contributed by atoms with Crippen molar-refractivity contribution >= 4 is 5.69 Å². The number of nitrogen functional groups attached to an aromatic ring is 1. The summed E-state index contributed by atoms with van der Waals surface area (Å²) < 4.78 is 0. The van der Waals surface area contributed by atoms with Crippen molar-refractivity contribution in [3.8, 4) is 0 Å². The number of benzene rings is 1. The van der Waals surface area contributed by atoms with Gasteiger partial charge in [0.2, 0.25) is 0 Å². The maximum atomic E-state index is 5.67. The summed E-state index contributed by atoms with van der Waals surface area (Å²) in [6, 6.07) is 7.95. The lowest BCUT2D eigenvalue weighted by atomic mass is 10.1. The first-order valence-corrected chi connectivity index (χ1v) is 4.18. The van der Waals surface area contributed by atoms with Crippen LogP contribution in [-0.2, 0) is 0 Å². The second kappa shape index (κ2) is 3.13. The Balaban J connectivity index is 2.21. The molecule has 1 aromatic carbocycles. The van der Waals surface area contributed by atoms with Crippen LogP contribution in [0, 0.1) is 0 Å². The highest BCUT2D eigenvalue weighted by Gasteiger charge is 2.14. The maximum Gasteiger partial charge on any atom is 0.0837 e. The van der Waals surface area contributed by atoms with Crippen LogP contribution in [0.3, 0.4) is 0 Å². The van der Waals surface area contributed by atoms with Crippen molar-refractivity contribution in [3.63, 3.8) is 0 Å². The highest BCUT2D eigenvalue weighted by molar-refractivity contribution is 5.41. The summed E-state index contributed by atoms with van der Waals surface area (Å²) in [4.78, 5) is 0. The summed E-state index contributed by atoms with van der Waals surface area (Å²) in [6.07, 6.45) is 0.286. The molecular weight excluding hydrogens is 150 g/mol. The third-order valence-corrected chi connectivity index (χ3v) is 2.07. The molecule has 1 aliphatic heterocycles. The monoisotopic (exact) mass is 163 g/mol. The fourth-order valence-electron chi connectivity index (χ4n) is 1.48. The predicted octanol–water partition coefficient (Wildman–Crippen LogP) is 0.460. The van der Waals surface area contributed by atoms with Crippen LogP contribution in [0.25, 0.3) is 0 Å². The van der Waals surface area contributed by atoms with E-state index < -0.39 is 0 Å². The van der Waals surface area contributed by atoms with E-state index >= 15 is 0 Å². The van der Waals surface area contributed by atoms with E-state index in [4.69, 9.17) is 5.73 Å². The zero-order valence-electron chi connectivity index (χ0n) is 6.88. The zero-order valence-corrected chi connectivity index (χ0v) is 6.88. The largest absolute Gasteiger partial charge is 0.399 e. The van der Waals surface area contributed by atoms with Crippen LogP contribution >= 0.6 is 0 Å². The number of rotatable bonds is 1. The van der Waals surface area contributed by atoms with Gasteiger partial charge in [-0.1, -0.05) is 12.1 Å². The fraction of sp³-hybridized carbons (Fsp3) is 0.333. The molecule has 2 rings (SSSR count). The molecule has 0 spiro atoms. The molecule has 0 atom stereocenters. The van der Waals surface area contributed by atoms with Crippen LogP contribution in [-0.4, -0.2) is 13.1 Å². The van der Waals surface area contributed by atoms with E-state index in [1.54, 1.807) is 0 Å². The predicted molar refractivity (Wildman–Crippen MR) is 49.6 cm³/mol. The molecule has 1 saturated heterocycles. The van der Waals surface area contributed by atoms with Gasteiger partial charge in [0.25, 0.3) is 0 Å². The van der Waals surface area contributed by atoms with E-state index in [1.165, 1.54) is 5.56 Å². The Labute approximate surface area is 72.0 Å². The van der Waals surface area contributed by atoms with Crippen LogP contribution in [0.5, 0.6) is 0 Å². The number of hydrogen-bond donors (Lipinski definition) is 3. The van der Waals surface area contributed by atoms with Crippen molar-refractivity contribution < 1.29 is 0 Å². The van der Waals surface area contributed by atoms with Crippen molar-refractivity contribution in [2.45, 2.75) is 6.17 Å². The van der Waals surface area contributed by atoms with Crippen molar-refractivity contribution in [2.24, 2.45) is 0 Å². The molecule has 1 heterocycles. The first-order valence-electron chi connectivity index (χ1n) is 4.18. The van der Waals surface area contributed by atoms with E-state index in [2.05, 4.69) is 16.7 Å². The molecular formula is C9H13N3. The second-order valence-electron chi connectivity index (χ2n) is 3.01. The summed E-state index contributed by atoms with van der Waals surface area (Å²) >= 11 is 0. The third kappa shape index (κ3) is 1.42. The van der Waals surface area contributed by atoms with Gasteiger partial charge in [-0.15, -0.1) is 0 Å². The molecule has 1 aromatic rings. The SMILES string of the molecule is Nc1cccc(C2NCCN2)c1. The van der Waals surface area contributed by atoms with Gasteiger partial charge in [-0.25, -0.2) is 0 Å². The normalized spacial score (nSPS) is 18.3. The highest BCUT2D eigenvalue weighted by atomic mass is 15.2. The van der Waals surface area contributed by atoms with Crippen LogP contribution < -0.4 is 16.4 Å². The smallest absolute Gasteiger partial charge is 0.0837 e. The Hall–Kier alpha value is -1.06. The first-order chi connectivity index (χ1) is 5.86. The van der Waals surface area contributed by atoms with E-state index in [0.29, 0.717) is 0 Å². The minimum atomic E-state index is 0.286. The molecule has 64 valence electrons. The number of nitrogens with one attached hydrogen (secondary N) is 2. The molecule has 0 amide bonds. The van der Waals surface area contributed by atoms with Crippen molar-refractivity contribution in [2.75, 3.05) is 18.8 Å². The van der Waals surface area contributed by atoms with Crippen LogP contribution in [0.4, 0.5) is 5.69 Å². The van der Waals surface area contributed by atoms with E-state index in [1.807, 2.05) is 18.2 Å². The molecule has 3 heteroatoms. The lowest BCUT2D eigenvalue weighted by molar-refractivity contribution is 0.588. The lowest BCUT2D eigenvalue weighted by Crippen LogP contribution is -2.21. The lowest BCUT2D eigenvalue weighted by Gasteiger charge is -2.11. The van der Waals surface area contributed by atoms with Gasteiger partial charge < -0.3 is 5.73 Å². The van der Waals surface area contributed by atoms with E-state index in [-0.39, 0.29) is 6.17 Å². The van der Waals surface area contributed by atoms with Crippen molar-refractivity contribution in [1.82, 2.24) is 10.6 Å². The third-order valence-electron chi connectivity index (χ3n) is 2.07. The molecule has 0 bridgehead atoms. The van der Waals surface area contributed by atoms with Crippen molar-refractivity contribution in [1.29, 1.82) is 0 Å². The Morgan fingerprint density at radius 1 is 1.25 bits per heavy atom. The molecule has 0 aliphatic carbocycles. The Bertz CT molecular complexity index is 266. The van der Waals surface area contributed by atoms with Gasteiger partial charge in [-0.05, 0) is 17.7 Å². The summed E-state index contributed by atoms with van der Waals surface area (Å²) in [7, 11) is 0. The van der Waals surface area contributed by atoms with Gasteiger partial charge in [-0.2, -0.15) is 0 Å². The molecule has 0 aromatic heterocycles. The van der Waals surface area contributed by atoms with Crippen LogP contribution in [0.1, 0.15) is 11.7 Å². The van der Waals surface area contributed by atoms with Crippen molar-refractivity contribution in [3.05, 3.63) is 29.8 Å². The molecule has 3 nitrogen and oxygen atoms in total. The molecule has 12 heavy (non-hydrogen) atoms. The molecule has 4 N–H and O–H groups in total. The maximum absolute atomic E-state index is 5.67. The zero-order chi connectivity index (χ0) is 8.39. The van der Waals surface area contributed by atoms with Gasteiger partial charge in [0.15, 0.2) is 0 Å². The summed E-state index contributed by atoms with van der Waals surface area (Å²) in [5.74, 6) is 0. The second-order valence-corrected chi connectivity index (χ2v) is 3.01. The quantitative estimate of drug-likeness (QED) is 0.527. The summed E-state index contributed by atoms with van der Waals surface area (Å²) in [5.41, 5.74) is 7.71. The van der Waals surface area contributed by atoms with Gasteiger partial charge in [0.1, 0.15) is 0 Å². The highest BCUT2D eigenvalue weighted by Crippen LogP contribution is 2.14. The molecule has 1 fully saturated rings. The van der Waals surface area contributed by atoms with Gasteiger partial charge in [0, 0.05) is 18.8 Å². The first kappa shape index (κ1) is 7.58. The molecule has 0 saturated carbocycles. The van der Waals surface area contributed by atoms with Crippen LogP contribution in [0.2, 0.25) is 0 Å². The van der Waals surface area contributed by atoms with Crippen LogP contribution in [0.15, 0.2) is 24.3 Å². The van der Waals surface area contributed by atoms with Gasteiger partial charge in [-0.3, -0.25) is 10.6 Å². The topological polar surface area (TPSA) is 50.1 Å². The average molecular weight is 163 g/mol. The molecule has 0 unspecified atom stereocenters. The van der Waals surface area contributed by atoms with E-state index in [9.17, 15) is 0 Å². The Kier molecular flexibility index (Phi) is 1.98. The van der Waals surface area contributed by atoms with Gasteiger partial charge >= 0.3 is 0 Å². The number of hydrogen-bond acceptors (Lipinski definition) is 3. The summed E-state index contributed by atoms with van der Waals surface area (Å²) in [6.45, 7) is 2.05. The molecule has 1 aliphatic rings. The average Bonchev–Trinajstić information content (AvgIpc) is 2.56. The minimum Gasteiger partial charge on any atom is -0.399 e. The summed E-state index contributed by atoms with van der Waals surface area (Å²) in [5, 5.41) is 6.67. The number of nitrogens with two attached hydrogens (primary N) is 1. The van der Waals surface area contributed by atoms with E-state index in [0.717, 1.165) is 18.8 Å². The standard InChI is InChI=1S/C9H13N3/c10-8-3-1-2-7(6-8)9-11-4-5-12-9/h1-3,6,9,11-12H,4-5,10H2. The Morgan fingerprint density at radius 3 is 2.67 bits per heavy atom. The fourth-order valence-corrected chi connectivity index (χ4v) is 1.48. The Morgan fingerprint density at radius 2 is 2.00 bits per heavy atom. The van der Waals surface area contributed by atoms with Gasteiger partial charge in [0.05, 0.1) is 6.17 Å². The minimum absolute atomic E-state index is 0.286. The number of anilines is 1.